The fourth-order valence-corrected chi connectivity index (χ4v) is 2.32. The quantitative estimate of drug-likeness (QED) is 0.860. The van der Waals surface area contributed by atoms with E-state index in [-0.39, 0.29) is 24.8 Å². The zero-order chi connectivity index (χ0) is 14.8. The molecule has 1 fully saturated rings. The third kappa shape index (κ3) is 4.06. The summed E-state index contributed by atoms with van der Waals surface area (Å²) < 4.78 is 63.2. The molecule has 1 aliphatic rings. The average molecular weight is 294 g/mol. The summed E-state index contributed by atoms with van der Waals surface area (Å²) in [6.45, 7) is -0.351. The number of anilines is 1. The Hall–Kier alpha value is -1.37. The molecule has 0 radical (unpaired) electrons. The van der Waals surface area contributed by atoms with E-state index in [1.807, 2.05) is 0 Å². The van der Waals surface area contributed by atoms with Gasteiger partial charge in [0.25, 0.3) is 0 Å². The summed E-state index contributed by atoms with van der Waals surface area (Å²) in [5.41, 5.74) is 0.0549. The summed E-state index contributed by atoms with van der Waals surface area (Å²) in [6.07, 6.45) is -3.27. The first-order valence-electron chi connectivity index (χ1n) is 6.35. The maximum Gasteiger partial charge on any atom is 0.401 e. The number of halogens is 5. The lowest BCUT2D eigenvalue weighted by molar-refractivity contribution is -0.147. The highest BCUT2D eigenvalue weighted by Crippen LogP contribution is 2.23. The zero-order valence-electron chi connectivity index (χ0n) is 10.7. The van der Waals surface area contributed by atoms with E-state index in [1.54, 1.807) is 0 Å². The molecule has 0 aliphatic carbocycles. The molecule has 0 spiro atoms. The Morgan fingerprint density at radius 2 is 1.80 bits per heavy atom. The normalized spacial score (nSPS) is 18.2. The van der Waals surface area contributed by atoms with Gasteiger partial charge in [0.05, 0.1) is 12.2 Å². The highest BCUT2D eigenvalue weighted by molar-refractivity contribution is 5.45. The number of alkyl halides is 3. The number of likely N-dealkylation sites (tertiary alicyclic amines) is 1. The second-order valence-electron chi connectivity index (χ2n) is 4.91. The average Bonchev–Trinajstić information content (AvgIpc) is 2.35. The largest absolute Gasteiger partial charge is 0.401 e. The van der Waals surface area contributed by atoms with Crippen LogP contribution in [0.3, 0.4) is 0 Å². The van der Waals surface area contributed by atoms with E-state index in [2.05, 4.69) is 5.32 Å². The van der Waals surface area contributed by atoms with Crippen LogP contribution in [0.5, 0.6) is 0 Å². The minimum atomic E-state index is -4.20. The van der Waals surface area contributed by atoms with E-state index in [0.29, 0.717) is 12.8 Å². The Morgan fingerprint density at radius 3 is 2.40 bits per heavy atom. The number of hydrogen-bond acceptors (Lipinski definition) is 2. The smallest absolute Gasteiger partial charge is 0.380 e. The number of hydrogen-bond donors (Lipinski definition) is 1. The van der Waals surface area contributed by atoms with Gasteiger partial charge in [-0.15, -0.1) is 0 Å². The van der Waals surface area contributed by atoms with Gasteiger partial charge in [0.1, 0.15) is 0 Å². The molecule has 1 N–H and O–H groups in total. The number of benzene rings is 1. The van der Waals surface area contributed by atoms with Gasteiger partial charge < -0.3 is 5.32 Å². The summed E-state index contributed by atoms with van der Waals surface area (Å²) in [6, 6.07) is 3.68. The first kappa shape index (κ1) is 15.0. The fraction of sp³-hybridized carbons (Fsp3) is 0.538. The molecule has 112 valence electrons. The number of nitrogens with one attached hydrogen (secondary N) is 1. The van der Waals surface area contributed by atoms with Crippen LogP contribution in [0, 0.1) is 11.6 Å². The van der Waals surface area contributed by atoms with E-state index in [1.165, 1.54) is 17.0 Å². The van der Waals surface area contributed by atoms with Crippen molar-refractivity contribution < 1.29 is 22.0 Å². The maximum atomic E-state index is 13.5. The first-order chi connectivity index (χ1) is 9.35. The van der Waals surface area contributed by atoms with Crippen LogP contribution < -0.4 is 5.32 Å². The van der Waals surface area contributed by atoms with Crippen molar-refractivity contribution in [3.05, 3.63) is 29.8 Å². The number of nitrogens with zero attached hydrogens (tertiary/aromatic N) is 1. The van der Waals surface area contributed by atoms with Crippen LogP contribution >= 0.6 is 0 Å². The Morgan fingerprint density at radius 1 is 1.15 bits per heavy atom. The zero-order valence-corrected chi connectivity index (χ0v) is 10.7. The third-order valence-corrected chi connectivity index (χ3v) is 3.30. The molecule has 2 nitrogen and oxygen atoms in total. The molecule has 1 saturated heterocycles. The van der Waals surface area contributed by atoms with Gasteiger partial charge in [-0.05, 0) is 25.0 Å². The molecule has 2 rings (SSSR count). The maximum absolute atomic E-state index is 13.5. The monoisotopic (exact) mass is 294 g/mol. The van der Waals surface area contributed by atoms with Gasteiger partial charge in [0.2, 0.25) is 0 Å². The van der Waals surface area contributed by atoms with Crippen molar-refractivity contribution >= 4 is 5.69 Å². The predicted octanol–water partition coefficient (Wildman–Crippen LogP) is 3.40. The number of rotatable bonds is 3. The third-order valence-electron chi connectivity index (χ3n) is 3.30. The molecule has 0 bridgehead atoms. The molecule has 0 atom stereocenters. The van der Waals surface area contributed by atoms with Crippen LogP contribution in [-0.2, 0) is 0 Å². The molecule has 0 unspecified atom stereocenters. The molecule has 7 heteroatoms. The molecule has 1 heterocycles. The summed E-state index contributed by atoms with van der Waals surface area (Å²) in [5, 5.41) is 2.85. The Kier molecular flexibility index (Phi) is 4.47. The molecule has 1 aromatic rings. The topological polar surface area (TPSA) is 15.3 Å². The van der Waals surface area contributed by atoms with Crippen molar-refractivity contribution in [2.75, 3.05) is 25.0 Å². The van der Waals surface area contributed by atoms with Crippen molar-refractivity contribution in [3.63, 3.8) is 0 Å². The Balaban J connectivity index is 1.87. The van der Waals surface area contributed by atoms with Crippen molar-refractivity contribution in [2.24, 2.45) is 0 Å². The Labute approximate surface area is 113 Å². The lowest BCUT2D eigenvalue weighted by atomic mass is 10.0. The summed E-state index contributed by atoms with van der Waals surface area (Å²) in [7, 11) is 0. The fourth-order valence-electron chi connectivity index (χ4n) is 2.32. The van der Waals surface area contributed by atoms with Crippen molar-refractivity contribution in [1.82, 2.24) is 4.90 Å². The van der Waals surface area contributed by atoms with E-state index < -0.39 is 24.4 Å². The van der Waals surface area contributed by atoms with Crippen LogP contribution in [-0.4, -0.2) is 36.8 Å². The van der Waals surface area contributed by atoms with E-state index in [4.69, 9.17) is 0 Å². The molecule has 0 saturated carbocycles. The van der Waals surface area contributed by atoms with Crippen LogP contribution in [0.15, 0.2) is 18.2 Å². The van der Waals surface area contributed by atoms with Crippen molar-refractivity contribution in [3.8, 4) is 0 Å². The number of piperidine rings is 1. The Bertz CT molecular complexity index is 453. The molecular weight excluding hydrogens is 279 g/mol. The van der Waals surface area contributed by atoms with Gasteiger partial charge in [-0.25, -0.2) is 8.78 Å². The molecule has 0 aromatic heterocycles. The summed E-state index contributed by atoms with van der Waals surface area (Å²) in [4.78, 5) is 1.32. The lowest BCUT2D eigenvalue weighted by Gasteiger charge is -2.33. The molecule has 1 aromatic carbocycles. The van der Waals surface area contributed by atoms with Crippen molar-refractivity contribution in [1.29, 1.82) is 0 Å². The van der Waals surface area contributed by atoms with Gasteiger partial charge in [-0.2, -0.15) is 13.2 Å². The van der Waals surface area contributed by atoms with Crippen LogP contribution in [0.1, 0.15) is 12.8 Å². The molecular formula is C13H15F5N2. The minimum absolute atomic E-state index is 0.0549. The summed E-state index contributed by atoms with van der Waals surface area (Å²) in [5.74, 6) is -1.89. The second-order valence-corrected chi connectivity index (χ2v) is 4.91. The lowest BCUT2D eigenvalue weighted by Crippen LogP contribution is -2.43. The van der Waals surface area contributed by atoms with Gasteiger partial charge in [-0.3, -0.25) is 4.90 Å². The van der Waals surface area contributed by atoms with Gasteiger partial charge in [-0.1, -0.05) is 6.07 Å². The van der Waals surface area contributed by atoms with Crippen LogP contribution in [0.4, 0.5) is 27.6 Å². The van der Waals surface area contributed by atoms with Crippen molar-refractivity contribution in [2.45, 2.75) is 25.1 Å². The van der Waals surface area contributed by atoms with Gasteiger partial charge in [0, 0.05) is 19.1 Å². The van der Waals surface area contributed by atoms with E-state index >= 15 is 0 Å². The summed E-state index contributed by atoms with van der Waals surface area (Å²) >= 11 is 0. The van der Waals surface area contributed by atoms with Gasteiger partial charge in [0.15, 0.2) is 11.6 Å². The minimum Gasteiger partial charge on any atom is -0.380 e. The SMILES string of the molecule is Fc1cccc(NC2CCN(CC(F)(F)F)CC2)c1F. The predicted molar refractivity (Wildman–Crippen MR) is 65.5 cm³/mol. The highest BCUT2D eigenvalue weighted by atomic mass is 19.4. The highest BCUT2D eigenvalue weighted by Gasteiger charge is 2.32. The van der Waals surface area contributed by atoms with Crippen LogP contribution in [0.25, 0.3) is 0 Å². The van der Waals surface area contributed by atoms with Crippen LogP contribution in [0.2, 0.25) is 0 Å². The molecule has 20 heavy (non-hydrogen) atoms. The second kappa shape index (κ2) is 5.95. The first-order valence-corrected chi connectivity index (χ1v) is 6.35. The van der Waals surface area contributed by atoms with E-state index in [9.17, 15) is 22.0 Å². The standard InChI is InChI=1S/C13H15F5N2/c14-10-2-1-3-11(12(10)15)19-9-4-6-20(7-5-9)8-13(16,17)18/h1-3,9,19H,4-8H2. The molecule has 0 amide bonds. The molecule has 1 aliphatic heterocycles. The van der Waals surface area contributed by atoms with Gasteiger partial charge >= 0.3 is 6.18 Å². The van der Waals surface area contributed by atoms with E-state index in [0.717, 1.165) is 6.07 Å².